The number of ether oxygens (including phenoxy) is 1. The number of piperidine rings is 1. The maximum atomic E-state index is 15.7. The van der Waals surface area contributed by atoms with Crippen LogP contribution in [0.25, 0.3) is 27.8 Å². The number of anilines is 3. The van der Waals surface area contributed by atoms with E-state index in [1.807, 2.05) is 33.0 Å². The van der Waals surface area contributed by atoms with Crippen molar-refractivity contribution in [3.05, 3.63) is 96.3 Å². The van der Waals surface area contributed by atoms with Gasteiger partial charge in [0, 0.05) is 42.7 Å². The number of hydrogen-bond donors (Lipinski definition) is 3. The number of nitrogens with zero attached hydrogens (tertiary/aromatic N) is 9. The Bertz CT molecular complexity index is 2970. The van der Waals surface area contributed by atoms with Crippen LogP contribution in [0.15, 0.2) is 89.2 Å². The van der Waals surface area contributed by atoms with E-state index in [2.05, 4.69) is 71.9 Å². The van der Waals surface area contributed by atoms with Crippen LogP contribution in [-0.4, -0.2) is 90.6 Å². The zero-order valence-corrected chi connectivity index (χ0v) is 35.6. The fraction of sp³-hybridized carbons (Fsp3) is 0.326. The van der Waals surface area contributed by atoms with Gasteiger partial charge in [0.2, 0.25) is 27.3 Å². The maximum Gasteiger partial charge on any atom is 0.329 e. The van der Waals surface area contributed by atoms with Gasteiger partial charge < -0.3 is 10.1 Å². The molecule has 2 fully saturated rings. The lowest BCUT2D eigenvalue weighted by atomic mass is 9.84. The molecule has 4 aromatic heterocycles. The van der Waals surface area contributed by atoms with Crippen molar-refractivity contribution < 1.29 is 27.1 Å². The van der Waals surface area contributed by atoms with Crippen LogP contribution in [0.1, 0.15) is 64.0 Å². The second-order valence-corrected chi connectivity index (χ2v) is 18.3. The summed E-state index contributed by atoms with van der Waals surface area (Å²) in [5, 5.41) is 21.9. The average Bonchev–Trinajstić information content (AvgIpc) is 4.01. The van der Waals surface area contributed by atoms with Gasteiger partial charge in [-0.15, -0.1) is 5.10 Å². The lowest BCUT2D eigenvalue weighted by Gasteiger charge is -2.43. The Kier molecular flexibility index (Phi) is 10.2. The largest absolute Gasteiger partial charge is 0.485 e. The minimum atomic E-state index is -4.11. The summed E-state index contributed by atoms with van der Waals surface area (Å²) in [4.78, 5) is 37.1. The number of benzene rings is 3. The van der Waals surface area contributed by atoms with Gasteiger partial charge in [-0.05, 0) is 113 Å². The normalized spacial score (nSPS) is 15.8. The molecule has 7 aromatic rings. The molecule has 2 aliphatic heterocycles. The molecule has 3 N–H and O–H groups in total. The highest BCUT2D eigenvalue weighted by molar-refractivity contribution is 7.91. The van der Waals surface area contributed by atoms with Gasteiger partial charge in [-0.2, -0.15) is 19.7 Å². The molecule has 0 bridgehead atoms. The summed E-state index contributed by atoms with van der Waals surface area (Å²) in [5.74, 6) is 0.171. The van der Waals surface area contributed by atoms with Crippen LogP contribution in [0.3, 0.4) is 0 Å². The van der Waals surface area contributed by atoms with Gasteiger partial charge in [-0.3, -0.25) is 29.7 Å². The SMILES string of the molecule is CC(C)Oc1c(-c2cn[nH]c2)ncn2nc(Nc3ccc(S(=O)(=O)c4cccc(C(C)(C)N5CCC(c6ccc7c(N8CCC(=O)NC8=O)nn(C)c7c6)CC5)c4)cc3F)nc12. The molecule has 19 heteroatoms. The number of carbonyl (C=O) groups excluding carboxylic acids is 2. The van der Waals surface area contributed by atoms with E-state index in [1.54, 1.807) is 29.2 Å². The predicted octanol–water partition coefficient (Wildman–Crippen LogP) is 6.46. The van der Waals surface area contributed by atoms with Crippen LogP contribution in [0.4, 0.5) is 26.6 Å². The van der Waals surface area contributed by atoms with Gasteiger partial charge >= 0.3 is 6.03 Å². The minimum absolute atomic E-state index is 0.0114. The standard InChI is InChI=1S/C43H45FN12O5S/c1-25(2)61-38-37(28-22-46-47-23-28)45-24-56-40(38)50-41(52-56)48-34-12-10-31(21-33(34)44)62(59,60)30-8-6-7-29(20-30)43(3,4)54-16-13-26(14-17-54)27-9-11-32-35(19-27)53(5)51-39(32)55-18-15-36(57)49-42(55)58/h6-12,19-26H,13-18H2,1-5H3,(H,46,47)(H,48,52)(H,49,57,58). The molecule has 320 valence electrons. The van der Waals surface area contributed by atoms with E-state index in [4.69, 9.17) is 4.74 Å². The lowest BCUT2D eigenvalue weighted by molar-refractivity contribution is -0.120. The number of rotatable bonds is 11. The predicted molar refractivity (Wildman–Crippen MR) is 228 cm³/mol. The monoisotopic (exact) mass is 860 g/mol. The second kappa shape index (κ2) is 15.6. The molecule has 9 rings (SSSR count). The number of aryl methyl sites for hydroxylation is 1. The fourth-order valence-electron chi connectivity index (χ4n) is 8.31. The van der Waals surface area contributed by atoms with Gasteiger partial charge in [0.25, 0.3) is 0 Å². The molecule has 2 aliphatic rings. The lowest BCUT2D eigenvalue weighted by Crippen LogP contribution is -2.49. The number of urea groups is 1. The van der Waals surface area contributed by atoms with E-state index in [0.717, 1.165) is 48.5 Å². The summed E-state index contributed by atoms with van der Waals surface area (Å²) in [6.07, 6.45) is 6.55. The first-order chi connectivity index (χ1) is 29.7. The molecule has 0 aliphatic carbocycles. The van der Waals surface area contributed by atoms with E-state index in [0.29, 0.717) is 28.5 Å². The van der Waals surface area contributed by atoms with Crippen LogP contribution in [0.5, 0.6) is 5.75 Å². The Morgan fingerprint density at radius 3 is 2.50 bits per heavy atom. The molecule has 6 heterocycles. The number of fused-ring (bicyclic) bond motifs is 2. The Labute approximate surface area is 356 Å². The molecular formula is C43H45FN12O5S. The Balaban J connectivity index is 0.889. The van der Waals surface area contributed by atoms with Crippen LogP contribution in [0, 0.1) is 5.82 Å². The molecule has 0 radical (unpaired) electrons. The summed E-state index contributed by atoms with van der Waals surface area (Å²) in [6.45, 7) is 9.76. The smallest absolute Gasteiger partial charge is 0.329 e. The molecule has 3 aromatic carbocycles. The third-order valence-electron chi connectivity index (χ3n) is 11.7. The molecule has 2 saturated heterocycles. The van der Waals surface area contributed by atoms with Crippen molar-refractivity contribution in [1.82, 2.24) is 49.8 Å². The van der Waals surface area contributed by atoms with Crippen LogP contribution < -0.4 is 20.3 Å². The van der Waals surface area contributed by atoms with Crippen LogP contribution in [-0.2, 0) is 27.2 Å². The summed E-state index contributed by atoms with van der Waals surface area (Å²) in [7, 11) is -2.26. The van der Waals surface area contributed by atoms with E-state index < -0.39 is 27.2 Å². The average molecular weight is 861 g/mol. The third-order valence-corrected chi connectivity index (χ3v) is 13.5. The van der Waals surface area contributed by atoms with E-state index >= 15 is 4.39 Å². The fourth-order valence-corrected chi connectivity index (χ4v) is 9.63. The van der Waals surface area contributed by atoms with Gasteiger partial charge in [0.1, 0.15) is 17.8 Å². The third kappa shape index (κ3) is 7.40. The highest BCUT2D eigenvalue weighted by Gasteiger charge is 2.34. The van der Waals surface area contributed by atoms with E-state index in [-0.39, 0.29) is 52.3 Å². The molecule has 17 nitrogen and oxygen atoms in total. The Morgan fingerprint density at radius 2 is 1.77 bits per heavy atom. The highest BCUT2D eigenvalue weighted by Crippen LogP contribution is 2.39. The first kappa shape index (κ1) is 40.7. The zero-order chi connectivity index (χ0) is 43.5. The van der Waals surface area contributed by atoms with Crippen molar-refractivity contribution in [3.63, 3.8) is 0 Å². The molecule has 0 atom stereocenters. The number of carbonyl (C=O) groups is 2. The summed E-state index contributed by atoms with van der Waals surface area (Å²) in [6, 6.07) is 16.4. The minimum Gasteiger partial charge on any atom is -0.485 e. The van der Waals surface area contributed by atoms with Crippen LogP contribution in [0.2, 0.25) is 0 Å². The molecule has 0 spiro atoms. The van der Waals surface area contributed by atoms with E-state index in [1.165, 1.54) is 39.5 Å². The van der Waals surface area contributed by atoms with Gasteiger partial charge in [-0.1, -0.05) is 18.2 Å². The van der Waals surface area contributed by atoms with Gasteiger partial charge in [0.05, 0.1) is 33.3 Å². The summed E-state index contributed by atoms with van der Waals surface area (Å²) in [5.41, 5.74) is 3.95. The first-order valence-electron chi connectivity index (χ1n) is 20.3. The number of aromatic amines is 1. The van der Waals surface area contributed by atoms with Crippen molar-refractivity contribution in [2.75, 3.05) is 29.9 Å². The van der Waals surface area contributed by atoms with E-state index in [9.17, 15) is 18.0 Å². The van der Waals surface area contributed by atoms with Crippen molar-refractivity contribution in [1.29, 1.82) is 0 Å². The molecular weight excluding hydrogens is 816 g/mol. The number of hydrogen-bond acceptors (Lipinski definition) is 12. The van der Waals surface area contributed by atoms with Crippen molar-refractivity contribution in [2.24, 2.45) is 7.05 Å². The number of amides is 3. The molecule has 62 heavy (non-hydrogen) atoms. The molecule has 0 unspecified atom stereocenters. The van der Waals surface area contributed by atoms with Crippen molar-refractivity contribution in [2.45, 2.75) is 74.3 Å². The number of imide groups is 1. The van der Waals surface area contributed by atoms with Crippen molar-refractivity contribution >= 4 is 55.8 Å². The molecule has 3 amide bonds. The number of H-pyrrole nitrogens is 1. The number of nitrogens with one attached hydrogen (secondary N) is 3. The highest BCUT2D eigenvalue weighted by atomic mass is 32.2. The number of aromatic nitrogens is 8. The topological polar surface area (TPSA) is 198 Å². The maximum absolute atomic E-state index is 15.7. The quantitative estimate of drug-likeness (QED) is 0.129. The number of halogens is 1. The Hall–Kier alpha value is -6.73. The first-order valence-corrected chi connectivity index (χ1v) is 21.8. The van der Waals surface area contributed by atoms with Crippen molar-refractivity contribution in [3.8, 4) is 17.0 Å². The van der Waals surface area contributed by atoms with Gasteiger partial charge in [0.15, 0.2) is 11.6 Å². The van der Waals surface area contributed by atoms with Gasteiger partial charge in [-0.25, -0.2) is 22.6 Å². The zero-order valence-electron chi connectivity index (χ0n) is 34.8. The number of likely N-dealkylation sites (tertiary alicyclic amines) is 1. The Morgan fingerprint density at radius 1 is 0.984 bits per heavy atom. The van der Waals surface area contributed by atoms with Crippen LogP contribution >= 0.6 is 0 Å². The summed E-state index contributed by atoms with van der Waals surface area (Å²) < 4.78 is 53.0. The number of sulfone groups is 1. The molecule has 0 saturated carbocycles. The second-order valence-electron chi connectivity index (χ2n) is 16.4. The summed E-state index contributed by atoms with van der Waals surface area (Å²) >= 11 is 0.